The summed E-state index contributed by atoms with van der Waals surface area (Å²) in [6.45, 7) is 9.66. The van der Waals surface area contributed by atoms with Crippen LogP contribution < -0.4 is 20.7 Å². The molecular formula is C16H27N3O2. The van der Waals surface area contributed by atoms with Gasteiger partial charge in [-0.15, -0.1) is 0 Å². The first-order valence-electron chi connectivity index (χ1n) is 7.53. The number of hydrogen-bond acceptors (Lipinski definition) is 4. The lowest BCUT2D eigenvalue weighted by atomic mass is 10.2. The monoisotopic (exact) mass is 293 g/mol. The van der Waals surface area contributed by atoms with E-state index in [2.05, 4.69) is 12.2 Å². The van der Waals surface area contributed by atoms with E-state index in [0.29, 0.717) is 18.8 Å². The normalized spacial score (nSPS) is 10.5. The minimum absolute atomic E-state index is 0.00491. The predicted molar refractivity (Wildman–Crippen MR) is 87.8 cm³/mol. The van der Waals surface area contributed by atoms with Crippen LogP contribution in [-0.2, 0) is 4.79 Å². The number of amides is 1. The lowest BCUT2D eigenvalue weighted by molar-refractivity contribution is -0.120. The number of nitrogen functional groups attached to an aromatic ring is 1. The molecule has 1 rings (SSSR count). The highest BCUT2D eigenvalue weighted by atomic mass is 16.5. The minimum atomic E-state index is 0.00491. The largest absolute Gasteiger partial charge is 0.493 e. The number of rotatable bonds is 8. The SMILES string of the molecule is CCCOc1cc(N)cc(N(CC)CC(=O)NC(C)C)c1. The molecule has 1 aromatic rings. The van der Waals surface area contributed by atoms with Crippen molar-refractivity contribution in [3.8, 4) is 5.75 Å². The van der Waals surface area contributed by atoms with Crippen molar-refractivity contribution in [3.05, 3.63) is 18.2 Å². The molecule has 0 saturated heterocycles. The number of nitrogens with zero attached hydrogens (tertiary/aromatic N) is 1. The molecule has 1 aromatic carbocycles. The van der Waals surface area contributed by atoms with Crippen molar-refractivity contribution in [1.29, 1.82) is 0 Å². The minimum Gasteiger partial charge on any atom is -0.493 e. The topological polar surface area (TPSA) is 67.6 Å². The fourth-order valence-corrected chi connectivity index (χ4v) is 2.02. The second-order valence-electron chi connectivity index (χ2n) is 5.35. The van der Waals surface area contributed by atoms with Crippen LogP contribution >= 0.6 is 0 Å². The molecule has 21 heavy (non-hydrogen) atoms. The molecule has 0 aliphatic rings. The maximum absolute atomic E-state index is 11.9. The molecule has 0 atom stereocenters. The Hall–Kier alpha value is -1.91. The Bertz CT molecular complexity index is 461. The molecule has 0 aliphatic carbocycles. The Kier molecular flexibility index (Phi) is 6.85. The Morgan fingerprint density at radius 3 is 2.62 bits per heavy atom. The van der Waals surface area contributed by atoms with Gasteiger partial charge in [-0.3, -0.25) is 4.79 Å². The number of carbonyl (C=O) groups is 1. The van der Waals surface area contributed by atoms with E-state index in [1.54, 1.807) is 6.07 Å². The lowest BCUT2D eigenvalue weighted by Gasteiger charge is -2.24. The molecule has 118 valence electrons. The number of hydrogen-bond donors (Lipinski definition) is 2. The van der Waals surface area contributed by atoms with Gasteiger partial charge in [0.15, 0.2) is 0 Å². The van der Waals surface area contributed by atoms with E-state index in [1.165, 1.54) is 0 Å². The third kappa shape index (κ3) is 5.94. The number of likely N-dealkylation sites (N-methyl/N-ethyl adjacent to an activating group) is 1. The van der Waals surface area contributed by atoms with Gasteiger partial charge in [0.2, 0.25) is 5.91 Å². The van der Waals surface area contributed by atoms with E-state index in [4.69, 9.17) is 10.5 Å². The van der Waals surface area contributed by atoms with Crippen LogP contribution in [0.2, 0.25) is 0 Å². The highest BCUT2D eigenvalue weighted by Crippen LogP contribution is 2.25. The van der Waals surface area contributed by atoms with Gasteiger partial charge >= 0.3 is 0 Å². The summed E-state index contributed by atoms with van der Waals surface area (Å²) in [5, 5.41) is 2.90. The number of carbonyl (C=O) groups excluding carboxylic acids is 1. The van der Waals surface area contributed by atoms with Gasteiger partial charge in [-0.1, -0.05) is 6.92 Å². The van der Waals surface area contributed by atoms with Gasteiger partial charge < -0.3 is 20.7 Å². The van der Waals surface area contributed by atoms with Crippen LogP contribution in [0.3, 0.4) is 0 Å². The van der Waals surface area contributed by atoms with Gasteiger partial charge in [0.25, 0.3) is 0 Å². The van der Waals surface area contributed by atoms with Crippen LogP contribution in [0.15, 0.2) is 18.2 Å². The summed E-state index contributed by atoms with van der Waals surface area (Å²) in [7, 11) is 0. The van der Waals surface area contributed by atoms with E-state index in [0.717, 1.165) is 24.4 Å². The van der Waals surface area contributed by atoms with Crippen LogP contribution in [0.4, 0.5) is 11.4 Å². The number of anilines is 2. The van der Waals surface area contributed by atoms with Gasteiger partial charge in [0, 0.05) is 36.1 Å². The Labute approximate surface area is 127 Å². The number of benzene rings is 1. The van der Waals surface area contributed by atoms with Crippen molar-refractivity contribution >= 4 is 17.3 Å². The summed E-state index contributed by atoms with van der Waals surface area (Å²) in [6, 6.07) is 5.74. The van der Waals surface area contributed by atoms with Crippen molar-refractivity contribution in [1.82, 2.24) is 5.32 Å². The van der Waals surface area contributed by atoms with Crippen LogP contribution in [0.1, 0.15) is 34.1 Å². The molecule has 5 heteroatoms. The summed E-state index contributed by atoms with van der Waals surface area (Å²) in [4.78, 5) is 13.9. The molecule has 0 unspecified atom stereocenters. The van der Waals surface area contributed by atoms with Gasteiger partial charge in [0.1, 0.15) is 5.75 Å². The smallest absolute Gasteiger partial charge is 0.239 e. The van der Waals surface area contributed by atoms with Crippen LogP contribution in [0, 0.1) is 0 Å². The Morgan fingerprint density at radius 2 is 2.05 bits per heavy atom. The number of nitrogens with two attached hydrogens (primary N) is 1. The summed E-state index contributed by atoms with van der Waals surface area (Å²) in [5.74, 6) is 0.750. The molecule has 0 radical (unpaired) electrons. The van der Waals surface area contributed by atoms with Crippen molar-refractivity contribution in [2.75, 3.05) is 30.3 Å². The van der Waals surface area contributed by atoms with Crippen LogP contribution in [0.25, 0.3) is 0 Å². The summed E-state index contributed by atoms with van der Waals surface area (Å²) in [6.07, 6.45) is 0.943. The molecule has 0 bridgehead atoms. The first-order valence-corrected chi connectivity index (χ1v) is 7.53. The number of nitrogens with one attached hydrogen (secondary N) is 1. The van der Waals surface area contributed by atoms with Crippen LogP contribution in [0.5, 0.6) is 5.75 Å². The van der Waals surface area contributed by atoms with E-state index in [1.807, 2.05) is 37.8 Å². The van der Waals surface area contributed by atoms with Gasteiger partial charge in [0.05, 0.1) is 13.2 Å². The molecule has 0 aromatic heterocycles. The van der Waals surface area contributed by atoms with E-state index in [-0.39, 0.29) is 11.9 Å². The maximum Gasteiger partial charge on any atom is 0.239 e. The van der Waals surface area contributed by atoms with Gasteiger partial charge in [-0.25, -0.2) is 0 Å². The fourth-order valence-electron chi connectivity index (χ4n) is 2.02. The van der Waals surface area contributed by atoms with Crippen molar-refractivity contribution in [3.63, 3.8) is 0 Å². The zero-order valence-electron chi connectivity index (χ0n) is 13.5. The third-order valence-electron chi connectivity index (χ3n) is 2.92. The van der Waals surface area contributed by atoms with Crippen molar-refractivity contribution < 1.29 is 9.53 Å². The van der Waals surface area contributed by atoms with Crippen LogP contribution in [-0.4, -0.2) is 31.6 Å². The Balaban J connectivity index is 2.84. The molecular weight excluding hydrogens is 266 g/mol. The molecule has 0 fully saturated rings. The first kappa shape index (κ1) is 17.1. The second-order valence-corrected chi connectivity index (χ2v) is 5.35. The summed E-state index contributed by atoms with van der Waals surface area (Å²) in [5.41, 5.74) is 7.47. The standard InChI is InChI=1S/C16H27N3O2/c1-5-7-21-15-9-13(17)8-14(10-15)19(6-2)11-16(20)18-12(3)4/h8-10,12H,5-7,11,17H2,1-4H3,(H,18,20). The van der Waals surface area contributed by atoms with E-state index < -0.39 is 0 Å². The van der Waals surface area contributed by atoms with E-state index >= 15 is 0 Å². The second kappa shape index (κ2) is 8.39. The fraction of sp³-hybridized carbons (Fsp3) is 0.562. The zero-order chi connectivity index (χ0) is 15.8. The zero-order valence-corrected chi connectivity index (χ0v) is 13.5. The highest BCUT2D eigenvalue weighted by molar-refractivity contribution is 5.82. The predicted octanol–water partition coefficient (Wildman–Crippen LogP) is 2.41. The lowest BCUT2D eigenvalue weighted by Crippen LogP contribution is -2.40. The molecule has 5 nitrogen and oxygen atoms in total. The molecule has 0 saturated carbocycles. The van der Waals surface area contributed by atoms with Gasteiger partial charge in [-0.2, -0.15) is 0 Å². The summed E-state index contributed by atoms with van der Waals surface area (Å²) >= 11 is 0. The summed E-state index contributed by atoms with van der Waals surface area (Å²) < 4.78 is 5.63. The molecule has 0 spiro atoms. The molecule has 3 N–H and O–H groups in total. The van der Waals surface area contributed by atoms with Crippen molar-refractivity contribution in [2.45, 2.75) is 40.2 Å². The average Bonchev–Trinajstić information content (AvgIpc) is 2.41. The quantitative estimate of drug-likeness (QED) is 0.722. The van der Waals surface area contributed by atoms with E-state index in [9.17, 15) is 4.79 Å². The molecule has 0 aliphatic heterocycles. The number of ether oxygens (including phenoxy) is 1. The molecule has 0 heterocycles. The maximum atomic E-state index is 11.9. The third-order valence-corrected chi connectivity index (χ3v) is 2.92. The van der Waals surface area contributed by atoms with Crippen molar-refractivity contribution in [2.24, 2.45) is 0 Å². The average molecular weight is 293 g/mol. The van der Waals surface area contributed by atoms with Gasteiger partial charge in [-0.05, 0) is 33.3 Å². The Morgan fingerprint density at radius 1 is 1.33 bits per heavy atom. The molecule has 1 amide bonds. The first-order chi connectivity index (χ1) is 9.96. The highest BCUT2D eigenvalue weighted by Gasteiger charge is 2.12.